The zero-order valence-electron chi connectivity index (χ0n) is 16.0. The molecule has 1 aliphatic heterocycles. The van der Waals surface area contributed by atoms with E-state index in [1.165, 1.54) is 7.11 Å². The molecule has 2 aromatic carbocycles. The lowest BCUT2D eigenvalue weighted by Crippen LogP contribution is -2.51. The second kappa shape index (κ2) is 8.23. The SMILES string of the molecule is COC(=O)C(c1ccc(Cl)cc1)N1CCN(C(=O)c2n[nH]c3ccccc23)CC1. The van der Waals surface area contributed by atoms with E-state index in [4.69, 9.17) is 16.3 Å². The zero-order valence-corrected chi connectivity index (χ0v) is 16.7. The number of carbonyl (C=O) groups is 2. The number of methoxy groups -OCH3 is 1. The van der Waals surface area contributed by atoms with Crippen LogP contribution in [-0.4, -0.2) is 65.2 Å². The summed E-state index contributed by atoms with van der Waals surface area (Å²) in [6, 6.07) is 14.2. The lowest BCUT2D eigenvalue weighted by molar-refractivity contribution is -0.148. The van der Waals surface area contributed by atoms with Crippen LogP contribution in [0, 0.1) is 0 Å². The van der Waals surface area contributed by atoms with Gasteiger partial charge in [0.25, 0.3) is 5.91 Å². The number of piperazine rings is 1. The first kappa shape index (κ1) is 19.4. The maximum absolute atomic E-state index is 13.0. The molecule has 1 amide bonds. The first-order chi connectivity index (χ1) is 14.1. The molecule has 4 rings (SSSR count). The molecule has 8 heteroatoms. The van der Waals surface area contributed by atoms with E-state index in [9.17, 15) is 9.59 Å². The third kappa shape index (κ3) is 3.83. The molecule has 1 saturated heterocycles. The van der Waals surface area contributed by atoms with Crippen LogP contribution in [0.2, 0.25) is 5.02 Å². The Morgan fingerprint density at radius 3 is 2.45 bits per heavy atom. The van der Waals surface area contributed by atoms with E-state index in [-0.39, 0.29) is 11.9 Å². The second-order valence-corrected chi connectivity index (χ2v) is 7.36. The minimum Gasteiger partial charge on any atom is -0.468 e. The number of benzene rings is 2. The molecule has 0 spiro atoms. The van der Waals surface area contributed by atoms with Crippen molar-refractivity contribution in [2.24, 2.45) is 0 Å². The third-order valence-corrected chi connectivity index (χ3v) is 5.50. The van der Waals surface area contributed by atoms with Crippen molar-refractivity contribution in [1.29, 1.82) is 0 Å². The molecule has 1 N–H and O–H groups in total. The number of nitrogens with zero attached hydrogens (tertiary/aromatic N) is 3. The molecule has 7 nitrogen and oxygen atoms in total. The fraction of sp³-hybridized carbons (Fsp3) is 0.286. The number of rotatable bonds is 4. The van der Waals surface area contributed by atoms with Crippen LogP contribution >= 0.6 is 11.6 Å². The third-order valence-electron chi connectivity index (χ3n) is 5.25. The van der Waals surface area contributed by atoms with Gasteiger partial charge in [-0.1, -0.05) is 41.9 Å². The highest BCUT2D eigenvalue weighted by Crippen LogP contribution is 2.26. The van der Waals surface area contributed by atoms with Crippen molar-refractivity contribution in [2.45, 2.75) is 6.04 Å². The summed E-state index contributed by atoms with van der Waals surface area (Å²) in [5.41, 5.74) is 2.08. The monoisotopic (exact) mass is 412 g/mol. The number of hydrogen-bond acceptors (Lipinski definition) is 5. The number of amides is 1. The standard InChI is InChI=1S/C21H21ClN4O3/c1-29-21(28)19(14-6-8-15(22)9-7-14)25-10-12-26(13-11-25)20(27)18-16-4-2-3-5-17(16)23-24-18/h2-9,19H,10-13H2,1H3,(H,23,24). The van der Waals surface area contributed by atoms with Crippen LogP contribution < -0.4 is 0 Å². The fourth-order valence-corrected chi connectivity index (χ4v) is 3.84. The number of carbonyl (C=O) groups excluding carboxylic acids is 2. The van der Waals surface area contributed by atoms with Gasteiger partial charge < -0.3 is 9.64 Å². The van der Waals surface area contributed by atoms with Gasteiger partial charge in [0, 0.05) is 36.6 Å². The second-order valence-electron chi connectivity index (χ2n) is 6.92. The molecule has 0 saturated carbocycles. The van der Waals surface area contributed by atoms with E-state index < -0.39 is 6.04 Å². The Balaban J connectivity index is 1.49. The van der Waals surface area contributed by atoms with Crippen molar-refractivity contribution < 1.29 is 14.3 Å². The largest absolute Gasteiger partial charge is 0.468 e. The molecule has 1 fully saturated rings. The van der Waals surface area contributed by atoms with Gasteiger partial charge in [-0.05, 0) is 23.8 Å². The van der Waals surface area contributed by atoms with Crippen molar-refractivity contribution in [3.63, 3.8) is 0 Å². The van der Waals surface area contributed by atoms with Gasteiger partial charge in [-0.15, -0.1) is 0 Å². The number of halogens is 1. The van der Waals surface area contributed by atoms with Crippen LogP contribution in [0.1, 0.15) is 22.1 Å². The maximum Gasteiger partial charge on any atom is 0.327 e. The minimum atomic E-state index is -0.527. The Bertz CT molecular complexity index is 1030. The van der Waals surface area contributed by atoms with Crippen molar-refractivity contribution in [2.75, 3.05) is 33.3 Å². The van der Waals surface area contributed by atoms with Crippen LogP contribution in [0.25, 0.3) is 10.9 Å². The van der Waals surface area contributed by atoms with Crippen molar-refractivity contribution >= 4 is 34.4 Å². The summed E-state index contributed by atoms with van der Waals surface area (Å²) in [6.45, 7) is 2.11. The van der Waals surface area contributed by atoms with Gasteiger partial charge in [-0.2, -0.15) is 5.10 Å². The Morgan fingerprint density at radius 2 is 1.76 bits per heavy atom. The molecule has 3 aromatic rings. The Hall–Kier alpha value is -2.90. The topological polar surface area (TPSA) is 78.5 Å². The first-order valence-electron chi connectivity index (χ1n) is 9.38. The highest BCUT2D eigenvalue weighted by molar-refractivity contribution is 6.30. The van der Waals surface area contributed by atoms with E-state index in [1.807, 2.05) is 41.3 Å². The van der Waals surface area contributed by atoms with Crippen molar-refractivity contribution in [1.82, 2.24) is 20.0 Å². The molecule has 0 radical (unpaired) electrons. The Labute approximate surface area is 173 Å². The maximum atomic E-state index is 13.0. The predicted molar refractivity (Wildman–Crippen MR) is 110 cm³/mol. The van der Waals surface area contributed by atoms with E-state index in [1.54, 1.807) is 17.0 Å². The molecule has 1 aliphatic rings. The number of ether oxygens (including phenoxy) is 1. The average Bonchev–Trinajstić information content (AvgIpc) is 3.19. The van der Waals surface area contributed by atoms with E-state index in [0.29, 0.717) is 36.9 Å². The van der Waals surface area contributed by atoms with Gasteiger partial charge >= 0.3 is 5.97 Å². The molecule has 0 aliphatic carbocycles. The normalized spacial score (nSPS) is 16.0. The molecule has 2 heterocycles. The Kier molecular flexibility index (Phi) is 5.51. The highest BCUT2D eigenvalue weighted by atomic mass is 35.5. The average molecular weight is 413 g/mol. The summed E-state index contributed by atoms with van der Waals surface area (Å²) in [5, 5.41) is 8.53. The number of aromatic nitrogens is 2. The molecular formula is C21H21ClN4O3. The van der Waals surface area contributed by atoms with Gasteiger partial charge in [0.05, 0.1) is 12.6 Å². The Morgan fingerprint density at radius 1 is 1.07 bits per heavy atom. The summed E-state index contributed by atoms with van der Waals surface area (Å²) < 4.78 is 5.02. The molecule has 150 valence electrons. The van der Waals surface area contributed by atoms with E-state index >= 15 is 0 Å². The van der Waals surface area contributed by atoms with Crippen LogP contribution in [0.3, 0.4) is 0 Å². The van der Waals surface area contributed by atoms with Gasteiger partial charge in [0.1, 0.15) is 6.04 Å². The smallest absolute Gasteiger partial charge is 0.327 e. The number of H-pyrrole nitrogens is 1. The first-order valence-corrected chi connectivity index (χ1v) is 9.76. The van der Waals surface area contributed by atoms with Gasteiger partial charge in [0.2, 0.25) is 0 Å². The van der Waals surface area contributed by atoms with Gasteiger partial charge in [-0.3, -0.25) is 14.8 Å². The molecule has 1 unspecified atom stereocenters. The molecule has 1 aromatic heterocycles. The summed E-state index contributed by atoms with van der Waals surface area (Å²) in [5.74, 6) is -0.436. The summed E-state index contributed by atoms with van der Waals surface area (Å²) in [6.07, 6.45) is 0. The van der Waals surface area contributed by atoms with Gasteiger partial charge in [0.15, 0.2) is 5.69 Å². The molecule has 29 heavy (non-hydrogen) atoms. The van der Waals surface area contributed by atoms with Crippen LogP contribution in [0.5, 0.6) is 0 Å². The van der Waals surface area contributed by atoms with Crippen LogP contribution in [0.4, 0.5) is 0 Å². The number of hydrogen-bond donors (Lipinski definition) is 1. The summed E-state index contributed by atoms with van der Waals surface area (Å²) in [7, 11) is 1.38. The minimum absolute atomic E-state index is 0.108. The number of nitrogens with one attached hydrogen (secondary N) is 1. The predicted octanol–water partition coefficient (Wildman–Crippen LogP) is 2.89. The lowest BCUT2D eigenvalue weighted by atomic mass is 10.0. The van der Waals surface area contributed by atoms with Gasteiger partial charge in [-0.25, -0.2) is 4.79 Å². The molecule has 1 atom stereocenters. The van der Waals surface area contributed by atoms with Crippen molar-refractivity contribution in [3.05, 3.63) is 64.8 Å². The van der Waals surface area contributed by atoms with E-state index in [0.717, 1.165) is 16.5 Å². The van der Waals surface area contributed by atoms with Crippen LogP contribution in [-0.2, 0) is 9.53 Å². The lowest BCUT2D eigenvalue weighted by Gasteiger charge is -2.38. The van der Waals surface area contributed by atoms with Crippen molar-refractivity contribution in [3.8, 4) is 0 Å². The summed E-state index contributed by atoms with van der Waals surface area (Å²) >= 11 is 5.98. The quantitative estimate of drug-likeness (QED) is 0.666. The highest BCUT2D eigenvalue weighted by Gasteiger charge is 2.33. The fourth-order valence-electron chi connectivity index (χ4n) is 3.71. The number of para-hydroxylation sites is 1. The number of esters is 1. The molecule has 0 bridgehead atoms. The zero-order chi connectivity index (χ0) is 20.4. The van der Waals surface area contributed by atoms with Crippen LogP contribution in [0.15, 0.2) is 48.5 Å². The summed E-state index contributed by atoms with van der Waals surface area (Å²) in [4.78, 5) is 29.2. The van der Waals surface area contributed by atoms with E-state index in [2.05, 4.69) is 10.2 Å². The number of aromatic amines is 1. The molecular weight excluding hydrogens is 392 g/mol. The number of fused-ring (bicyclic) bond motifs is 1.